The van der Waals surface area contributed by atoms with E-state index in [1.54, 1.807) is 18.0 Å². The number of nitrogens with zero attached hydrogens (tertiary/aromatic N) is 2. The molecular weight excluding hydrogens is 362 g/mol. The number of benzene rings is 2. The highest BCUT2D eigenvalue weighted by Crippen LogP contribution is 2.37. The largest absolute Gasteiger partial charge is 0.398 e. The number of aliphatic hydroxyl groups excluding tert-OH is 5. The number of fused-ring (bicyclic) bond motifs is 3. The van der Waals surface area contributed by atoms with Crippen molar-refractivity contribution in [2.45, 2.75) is 24.4 Å². The first-order valence-corrected chi connectivity index (χ1v) is 9.07. The lowest BCUT2D eigenvalue weighted by atomic mass is 10.0. The normalized spacial score (nSPS) is 16.2. The lowest BCUT2D eigenvalue weighted by molar-refractivity contribution is -0.112. The van der Waals surface area contributed by atoms with Crippen molar-refractivity contribution < 1.29 is 25.5 Å². The number of nitrogen functional groups attached to an aromatic ring is 1. The Labute approximate surface area is 162 Å². The second-order valence-electron chi connectivity index (χ2n) is 7.15. The van der Waals surface area contributed by atoms with Crippen LogP contribution in [-0.2, 0) is 7.05 Å². The molecule has 8 heteroatoms. The average Bonchev–Trinajstić information content (AvgIpc) is 3.00. The molecule has 3 aromatic rings. The Balaban J connectivity index is 1.96. The van der Waals surface area contributed by atoms with Gasteiger partial charge < -0.3 is 40.7 Å². The zero-order chi connectivity index (χ0) is 20.6. The highest BCUT2D eigenvalue weighted by Gasteiger charge is 2.31. The van der Waals surface area contributed by atoms with E-state index >= 15 is 0 Å². The lowest BCUT2D eigenvalue weighted by Gasteiger charge is -2.30. The van der Waals surface area contributed by atoms with E-state index in [1.807, 2.05) is 41.9 Å². The van der Waals surface area contributed by atoms with E-state index in [2.05, 4.69) is 0 Å². The zero-order valence-electron chi connectivity index (χ0n) is 15.9. The summed E-state index contributed by atoms with van der Waals surface area (Å²) in [5.41, 5.74) is 9.59. The van der Waals surface area contributed by atoms with Crippen LogP contribution in [0.2, 0.25) is 0 Å². The molecular formula is C20H27N3O5. The summed E-state index contributed by atoms with van der Waals surface area (Å²) in [6, 6.07) is 11.6. The molecule has 0 aliphatic heterocycles. The molecule has 3 rings (SSSR count). The molecule has 0 amide bonds. The molecule has 1 aromatic heterocycles. The van der Waals surface area contributed by atoms with Gasteiger partial charge in [-0.25, -0.2) is 0 Å². The van der Waals surface area contributed by atoms with Crippen molar-refractivity contribution in [2.75, 3.05) is 30.8 Å². The number of anilines is 2. The van der Waals surface area contributed by atoms with Crippen LogP contribution in [-0.4, -0.2) is 74.7 Å². The monoisotopic (exact) mass is 389 g/mol. The van der Waals surface area contributed by atoms with E-state index in [0.717, 1.165) is 27.5 Å². The summed E-state index contributed by atoms with van der Waals surface area (Å²) in [7, 11) is 3.70. The van der Waals surface area contributed by atoms with Gasteiger partial charge in [-0.2, -0.15) is 0 Å². The summed E-state index contributed by atoms with van der Waals surface area (Å²) in [5, 5.41) is 50.6. The molecule has 4 unspecified atom stereocenters. The topological polar surface area (TPSA) is 135 Å². The van der Waals surface area contributed by atoms with Gasteiger partial charge >= 0.3 is 0 Å². The van der Waals surface area contributed by atoms with Crippen LogP contribution in [0.25, 0.3) is 21.8 Å². The van der Waals surface area contributed by atoms with E-state index in [0.29, 0.717) is 5.69 Å². The van der Waals surface area contributed by atoms with Crippen LogP contribution in [0, 0.1) is 0 Å². The van der Waals surface area contributed by atoms with Crippen LogP contribution in [0.5, 0.6) is 0 Å². The third-order valence-corrected chi connectivity index (χ3v) is 5.26. The van der Waals surface area contributed by atoms with Gasteiger partial charge in [0.2, 0.25) is 0 Å². The van der Waals surface area contributed by atoms with Crippen molar-refractivity contribution in [1.82, 2.24) is 4.57 Å². The molecule has 152 valence electrons. The van der Waals surface area contributed by atoms with Gasteiger partial charge in [-0.1, -0.05) is 18.2 Å². The minimum Gasteiger partial charge on any atom is -0.398 e. The SMILES string of the molecule is CN(CC(O)C(O)C(O)C(O)CO)c1ccc(N)c2c3ccccc3n(C)c12. The van der Waals surface area contributed by atoms with Gasteiger partial charge in [-0.15, -0.1) is 0 Å². The molecule has 8 nitrogen and oxygen atoms in total. The molecule has 0 aliphatic rings. The second kappa shape index (κ2) is 7.94. The number of nitrogens with two attached hydrogens (primary N) is 1. The van der Waals surface area contributed by atoms with E-state index in [-0.39, 0.29) is 6.54 Å². The van der Waals surface area contributed by atoms with Crippen LogP contribution in [0.3, 0.4) is 0 Å². The Kier molecular flexibility index (Phi) is 5.78. The second-order valence-corrected chi connectivity index (χ2v) is 7.15. The van der Waals surface area contributed by atoms with E-state index in [1.165, 1.54) is 0 Å². The summed E-state index contributed by atoms with van der Waals surface area (Å²) in [4.78, 5) is 1.76. The molecule has 28 heavy (non-hydrogen) atoms. The van der Waals surface area contributed by atoms with E-state index in [4.69, 9.17) is 10.8 Å². The maximum atomic E-state index is 10.3. The highest BCUT2D eigenvalue weighted by molar-refractivity contribution is 6.17. The highest BCUT2D eigenvalue weighted by atomic mass is 16.4. The first-order chi connectivity index (χ1) is 13.3. The van der Waals surface area contributed by atoms with Gasteiger partial charge in [-0.05, 0) is 18.2 Å². The van der Waals surface area contributed by atoms with Gasteiger partial charge in [0, 0.05) is 42.6 Å². The number of likely N-dealkylation sites (N-methyl/N-ethyl adjacent to an activating group) is 1. The maximum absolute atomic E-state index is 10.3. The number of aryl methyl sites for hydroxylation is 1. The molecule has 1 heterocycles. The fourth-order valence-corrected chi connectivity index (χ4v) is 3.67. The standard InChI is InChI=1S/C20H27N3O5/c1-22(9-15(25)19(27)20(28)16(26)10-24)14-8-7-12(21)17-11-5-3-4-6-13(11)23(2)18(14)17/h3-8,15-16,19-20,24-28H,9-10,21H2,1-2H3. The summed E-state index contributed by atoms with van der Waals surface area (Å²) >= 11 is 0. The van der Waals surface area contributed by atoms with Crippen LogP contribution in [0.15, 0.2) is 36.4 Å². The maximum Gasteiger partial charge on any atom is 0.111 e. The average molecular weight is 389 g/mol. The van der Waals surface area contributed by atoms with Crippen molar-refractivity contribution in [2.24, 2.45) is 7.05 Å². The summed E-state index contributed by atoms with van der Waals surface area (Å²) in [6.45, 7) is -0.716. The Morgan fingerprint density at radius 1 is 1.00 bits per heavy atom. The van der Waals surface area contributed by atoms with Gasteiger partial charge in [-0.3, -0.25) is 0 Å². The quantitative estimate of drug-likeness (QED) is 0.308. The minimum atomic E-state index is -1.66. The van der Waals surface area contributed by atoms with Crippen molar-refractivity contribution in [3.05, 3.63) is 36.4 Å². The van der Waals surface area contributed by atoms with Crippen molar-refractivity contribution >= 4 is 33.2 Å². The number of aromatic nitrogens is 1. The lowest BCUT2D eigenvalue weighted by Crippen LogP contribution is -2.49. The predicted octanol–water partition coefficient (Wildman–Crippen LogP) is -0.214. The number of aliphatic hydroxyl groups is 5. The Hall–Kier alpha value is -2.36. The fourth-order valence-electron chi connectivity index (χ4n) is 3.67. The van der Waals surface area contributed by atoms with Gasteiger partial charge in [0.05, 0.1) is 23.9 Å². The van der Waals surface area contributed by atoms with Crippen molar-refractivity contribution in [3.8, 4) is 0 Å². The molecule has 0 saturated heterocycles. The summed E-state index contributed by atoms with van der Waals surface area (Å²) in [6.07, 6.45) is -6.14. The Morgan fingerprint density at radius 2 is 1.64 bits per heavy atom. The van der Waals surface area contributed by atoms with Crippen molar-refractivity contribution in [1.29, 1.82) is 0 Å². The minimum absolute atomic E-state index is 0.00306. The van der Waals surface area contributed by atoms with Gasteiger partial charge in [0.1, 0.15) is 18.3 Å². The molecule has 0 fully saturated rings. The van der Waals surface area contributed by atoms with E-state index < -0.39 is 31.0 Å². The van der Waals surface area contributed by atoms with Crippen LogP contribution in [0.1, 0.15) is 0 Å². The summed E-state index contributed by atoms with van der Waals surface area (Å²) < 4.78 is 2.03. The Morgan fingerprint density at radius 3 is 2.32 bits per heavy atom. The first kappa shape index (κ1) is 20.4. The van der Waals surface area contributed by atoms with Crippen LogP contribution >= 0.6 is 0 Å². The van der Waals surface area contributed by atoms with Crippen LogP contribution in [0.4, 0.5) is 11.4 Å². The molecule has 0 saturated carbocycles. The molecule has 7 N–H and O–H groups in total. The molecule has 0 spiro atoms. The third-order valence-electron chi connectivity index (χ3n) is 5.26. The Bertz CT molecular complexity index is 973. The third kappa shape index (κ3) is 3.41. The summed E-state index contributed by atoms with van der Waals surface area (Å²) in [5.74, 6) is 0. The van der Waals surface area contributed by atoms with Gasteiger partial charge in [0.15, 0.2) is 0 Å². The zero-order valence-corrected chi connectivity index (χ0v) is 15.9. The van der Waals surface area contributed by atoms with Crippen molar-refractivity contribution in [3.63, 3.8) is 0 Å². The number of hydrogen-bond acceptors (Lipinski definition) is 7. The molecule has 0 bridgehead atoms. The molecule has 0 aliphatic carbocycles. The smallest absolute Gasteiger partial charge is 0.111 e. The van der Waals surface area contributed by atoms with Crippen LogP contribution < -0.4 is 10.6 Å². The van der Waals surface area contributed by atoms with Gasteiger partial charge in [0.25, 0.3) is 0 Å². The fraction of sp³-hybridized carbons (Fsp3) is 0.400. The molecule has 0 radical (unpaired) electrons. The molecule has 4 atom stereocenters. The number of hydrogen-bond donors (Lipinski definition) is 6. The van der Waals surface area contributed by atoms with E-state index in [9.17, 15) is 20.4 Å². The molecule has 2 aromatic carbocycles. The number of rotatable bonds is 7. The predicted molar refractivity (Wildman–Crippen MR) is 109 cm³/mol. The first-order valence-electron chi connectivity index (χ1n) is 9.07. The number of para-hydroxylation sites is 1.